The van der Waals surface area contributed by atoms with E-state index in [4.69, 9.17) is 4.99 Å². The SMILES string of the molecule is O=C1Nc2ccccc2C1=CC(=Nc1nnc(-c2ccccc2)s1)c1ccccc1. The maximum Gasteiger partial charge on any atom is 0.256 e. The molecule has 1 aromatic heterocycles. The van der Waals surface area contributed by atoms with E-state index in [0.717, 1.165) is 27.4 Å². The van der Waals surface area contributed by atoms with Crippen molar-refractivity contribution in [1.29, 1.82) is 0 Å². The molecule has 0 unspecified atom stereocenters. The van der Waals surface area contributed by atoms with Gasteiger partial charge >= 0.3 is 0 Å². The lowest BCUT2D eigenvalue weighted by molar-refractivity contribution is -0.110. The molecule has 4 aromatic rings. The molecule has 30 heavy (non-hydrogen) atoms. The maximum atomic E-state index is 12.6. The predicted molar refractivity (Wildman–Crippen MR) is 121 cm³/mol. The van der Waals surface area contributed by atoms with Crippen molar-refractivity contribution in [2.24, 2.45) is 4.99 Å². The summed E-state index contributed by atoms with van der Waals surface area (Å²) in [6, 6.07) is 27.3. The summed E-state index contributed by atoms with van der Waals surface area (Å²) < 4.78 is 0. The topological polar surface area (TPSA) is 67.2 Å². The number of fused-ring (bicyclic) bond motifs is 1. The van der Waals surface area contributed by atoms with Gasteiger partial charge in [0.15, 0.2) is 0 Å². The molecule has 0 saturated carbocycles. The first-order valence-corrected chi connectivity index (χ1v) is 10.2. The van der Waals surface area contributed by atoms with Crippen LogP contribution in [0.5, 0.6) is 0 Å². The van der Waals surface area contributed by atoms with Gasteiger partial charge < -0.3 is 5.32 Å². The van der Waals surface area contributed by atoms with E-state index < -0.39 is 0 Å². The second-order valence-electron chi connectivity index (χ2n) is 6.68. The largest absolute Gasteiger partial charge is 0.321 e. The highest BCUT2D eigenvalue weighted by molar-refractivity contribution is 7.18. The molecule has 0 aliphatic carbocycles. The van der Waals surface area contributed by atoms with E-state index in [1.165, 1.54) is 11.3 Å². The Balaban J connectivity index is 1.59. The standard InChI is InChI=1S/C24H16N4OS/c29-22-19(18-13-7-8-14-20(18)25-22)15-21(16-9-3-1-4-10-16)26-24-28-27-23(30-24)17-11-5-2-6-12-17/h1-15H,(H,25,29). The highest BCUT2D eigenvalue weighted by atomic mass is 32.1. The van der Waals surface area contributed by atoms with Crippen LogP contribution in [-0.2, 0) is 4.79 Å². The number of nitrogens with one attached hydrogen (secondary N) is 1. The van der Waals surface area contributed by atoms with Crippen molar-refractivity contribution in [3.8, 4) is 10.6 Å². The lowest BCUT2D eigenvalue weighted by Crippen LogP contribution is -2.06. The third kappa shape index (κ3) is 3.56. The predicted octanol–water partition coefficient (Wildman–Crippen LogP) is 5.36. The van der Waals surface area contributed by atoms with Gasteiger partial charge in [-0.1, -0.05) is 90.2 Å². The van der Waals surface area contributed by atoms with Crippen LogP contribution in [0.3, 0.4) is 0 Å². The molecule has 0 fully saturated rings. The van der Waals surface area contributed by atoms with Crippen molar-refractivity contribution in [2.75, 3.05) is 5.32 Å². The summed E-state index contributed by atoms with van der Waals surface area (Å²) in [5, 5.41) is 12.8. The first-order valence-electron chi connectivity index (χ1n) is 9.43. The Bertz CT molecular complexity index is 1280. The van der Waals surface area contributed by atoms with Crippen molar-refractivity contribution in [1.82, 2.24) is 10.2 Å². The van der Waals surface area contributed by atoms with E-state index in [-0.39, 0.29) is 5.91 Å². The number of benzene rings is 3. The minimum atomic E-state index is -0.137. The Morgan fingerprint density at radius 2 is 1.57 bits per heavy atom. The molecule has 5 rings (SSSR count). The molecule has 0 atom stereocenters. The second kappa shape index (κ2) is 7.85. The van der Waals surface area contributed by atoms with Gasteiger partial charge in [0.05, 0.1) is 11.3 Å². The van der Waals surface area contributed by atoms with Gasteiger partial charge in [-0.05, 0) is 12.1 Å². The van der Waals surface area contributed by atoms with Gasteiger partial charge in [-0.3, -0.25) is 4.79 Å². The van der Waals surface area contributed by atoms with Crippen LogP contribution in [0.15, 0.2) is 96.0 Å². The molecule has 0 bridgehead atoms. The third-order valence-corrected chi connectivity index (χ3v) is 5.58. The number of allylic oxidation sites excluding steroid dienone is 1. The van der Waals surface area contributed by atoms with Gasteiger partial charge in [-0.15, -0.1) is 10.2 Å². The first-order chi connectivity index (χ1) is 14.8. The molecule has 0 radical (unpaired) electrons. The fraction of sp³-hybridized carbons (Fsp3) is 0. The average Bonchev–Trinajstić information content (AvgIpc) is 3.39. The van der Waals surface area contributed by atoms with Gasteiger partial charge in [0.25, 0.3) is 5.91 Å². The zero-order valence-corrected chi connectivity index (χ0v) is 16.6. The zero-order valence-electron chi connectivity index (χ0n) is 15.8. The van der Waals surface area contributed by atoms with Crippen molar-refractivity contribution in [3.05, 3.63) is 102 Å². The zero-order chi connectivity index (χ0) is 20.3. The molecule has 1 amide bonds. The van der Waals surface area contributed by atoms with Crippen LogP contribution in [0.4, 0.5) is 10.8 Å². The van der Waals surface area contributed by atoms with E-state index >= 15 is 0 Å². The molecule has 144 valence electrons. The number of para-hydroxylation sites is 1. The van der Waals surface area contributed by atoms with Crippen LogP contribution in [0.25, 0.3) is 16.1 Å². The lowest BCUT2D eigenvalue weighted by Gasteiger charge is -2.03. The van der Waals surface area contributed by atoms with Crippen LogP contribution in [-0.4, -0.2) is 21.8 Å². The van der Waals surface area contributed by atoms with Crippen molar-refractivity contribution < 1.29 is 4.79 Å². The van der Waals surface area contributed by atoms with Crippen molar-refractivity contribution in [2.45, 2.75) is 0 Å². The fourth-order valence-corrected chi connectivity index (χ4v) is 4.00. The monoisotopic (exact) mass is 408 g/mol. The lowest BCUT2D eigenvalue weighted by atomic mass is 10.0. The number of aromatic nitrogens is 2. The van der Waals surface area contributed by atoms with Crippen molar-refractivity contribution in [3.63, 3.8) is 0 Å². The minimum absolute atomic E-state index is 0.137. The number of anilines is 1. The van der Waals surface area contributed by atoms with Gasteiger partial charge in [0.1, 0.15) is 5.01 Å². The van der Waals surface area contributed by atoms with Gasteiger partial charge in [0, 0.05) is 22.4 Å². The summed E-state index contributed by atoms with van der Waals surface area (Å²) in [6.07, 6.45) is 1.82. The van der Waals surface area contributed by atoms with Gasteiger partial charge in [-0.2, -0.15) is 0 Å². The highest BCUT2D eigenvalue weighted by Gasteiger charge is 2.24. The van der Waals surface area contributed by atoms with Crippen molar-refractivity contribution >= 4 is 39.3 Å². The first kappa shape index (κ1) is 18.1. The van der Waals surface area contributed by atoms with E-state index in [1.807, 2.05) is 91.0 Å². The quantitative estimate of drug-likeness (QED) is 0.365. The summed E-state index contributed by atoms with van der Waals surface area (Å²) in [7, 11) is 0. The smallest absolute Gasteiger partial charge is 0.256 e. The van der Waals surface area contributed by atoms with Gasteiger partial charge in [0.2, 0.25) is 5.13 Å². The fourth-order valence-electron chi connectivity index (χ4n) is 3.27. The van der Waals surface area contributed by atoms with Crippen LogP contribution < -0.4 is 5.32 Å². The summed E-state index contributed by atoms with van der Waals surface area (Å²) in [5.74, 6) is -0.137. The van der Waals surface area contributed by atoms with Crippen LogP contribution in [0.2, 0.25) is 0 Å². The Kier molecular flexibility index (Phi) is 4.75. The molecule has 3 aromatic carbocycles. The molecule has 0 spiro atoms. The Morgan fingerprint density at radius 3 is 2.37 bits per heavy atom. The third-order valence-electron chi connectivity index (χ3n) is 4.71. The molecule has 1 aliphatic rings. The number of hydrogen-bond donors (Lipinski definition) is 1. The van der Waals surface area contributed by atoms with Crippen LogP contribution in [0.1, 0.15) is 11.1 Å². The summed E-state index contributed by atoms with van der Waals surface area (Å²) >= 11 is 1.41. The molecule has 5 nitrogen and oxygen atoms in total. The number of carbonyl (C=O) groups is 1. The molecule has 6 heteroatoms. The number of rotatable bonds is 4. The number of amides is 1. The molecule has 2 heterocycles. The maximum absolute atomic E-state index is 12.6. The average molecular weight is 408 g/mol. The van der Waals surface area contributed by atoms with E-state index in [9.17, 15) is 4.79 Å². The molecule has 1 N–H and O–H groups in total. The molecule has 0 saturated heterocycles. The normalized spacial score (nSPS) is 14.6. The van der Waals surface area contributed by atoms with E-state index in [0.29, 0.717) is 16.4 Å². The summed E-state index contributed by atoms with van der Waals surface area (Å²) in [4.78, 5) is 17.3. The molecule has 1 aliphatic heterocycles. The second-order valence-corrected chi connectivity index (χ2v) is 7.63. The number of carbonyl (C=O) groups excluding carboxylic acids is 1. The Labute approximate surface area is 177 Å². The summed E-state index contributed by atoms with van der Waals surface area (Å²) in [6.45, 7) is 0. The highest BCUT2D eigenvalue weighted by Crippen LogP contribution is 2.33. The minimum Gasteiger partial charge on any atom is -0.321 e. The van der Waals surface area contributed by atoms with E-state index in [2.05, 4.69) is 15.5 Å². The van der Waals surface area contributed by atoms with Gasteiger partial charge in [-0.25, -0.2) is 4.99 Å². The van der Waals surface area contributed by atoms with Crippen LogP contribution in [0, 0.1) is 0 Å². The molecular formula is C24H16N4OS. The van der Waals surface area contributed by atoms with Crippen LogP contribution >= 0.6 is 11.3 Å². The Hall–Kier alpha value is -3.90. The van der Waals surface area contributed by atoms with E-state index in [1.54, 1.807) is 0 Å². The summed E-state index contributed by atoms with van der Waals surface area (Å²) in [5.41, 5.74) is 4.82. The molecular weight excluding hydrogens is 392 g/mol. The number of nitrogens with zero attached hydrogens (tertiary/aromatic N) is 3. The number of aliphatic imine (C=N–C) groups is 1. The Morgan fingerprint density at radius 1 is 0.867 bits per heavy atom. The number of hydrogen-bond acceptors (Lipinski definition) is 5.